The van der Waals surface area contributed by atoms with Crippen LogP contribution < -0.4 is 10.1 Å². The van der Waals surface area contributed by atoms with Crippen molar-refractivity contribution in [3.05, 3.63) is 66.0 Å². The first kappa shape index (κ1) is 15.6. The van der Waals surface area contributed by atoms with Crippen LogP contribution in [0.1, 0.15) is 0 Å². The van der Waals surface area contributed by atoms with E-state index in [1.807, 2.05) is 17.5 Å². The molecule has 0 saturated carbocycles. The van der Waals surface area contributed by atoms with Gasteiger partial charge in [0, 0.05) is 11.8 Å². The molecule has 0 fully saturated rings. The van der Waals surface area contributed by atoms with Crippen LogP contribution in [0.4, 0.5) is 10.7 Å². The highest BCUT2D eigenvalue weighted by Crippen LogP contribution is 2.30. The zero-order chi connectivity index (χ0) is 16.3. The Morgan fingerprint density at radius 1 is 0.957 bits per heavy atom. The van der Waals surface area contributed by atoms with Crippen LogP contribution in [0.25, 0.3) is 0 Å². The van der Waals surface area contributed by atoms with E-state index in [0.717, 1.165) is 5.00 Å². The molecule has 0 bridgehead atoms. The molecular weight excluding hydrogens is 330 g/mol. The first-order valence-corrected chi connectivity index (χ1v) is 9.25. The molecule has 118 valence electrons. The second-order valence-electron chi connectivity index (χ2n) is 4.82. The standard InChI is InChI=1S/C17H15NO3S2/c1-21-14-10-13(18-17-8-5-9-22-17)11-16(12-14)23(19,20)15-6-3-2-4-7-15/h2-12,18H,1H3. The van der Waals surface area contributed by atoms with Crippen LogP contribution in [0.2, 0.25) is 0 Å². The number of rotatable bonds is 5. The lowest BCUT2D eigenvalue weighted by Gasteiger charge is -2.11. The van der Waals surface area contributed by atoms with Crippen molar-refractivity contribution < 1.29 is 13.2 Å². The van der Waals surface area contributed by atoms with Gasteiger partial charge in [0.1, 0.15) is 5.75 Å². The van der Waals surface area contributed by atoms with Crippen LogP contribution >= 0.6 is 11.3 Å². The lowest BCUT2D eigenvalue weighted by atomic mass is 10.3. The maximum absolute atomic E-state index is 12.8. The van der Waals surface area contributed by atoms with Gasteiger partial charge in [0.2, 0.25) is 9.84 Å². The van der Waals surface area contributed by atoms with E-state index < -0.39 is 9.84 Å². The summed E-state index contributed by atoms with van der Waals surface area (Å²) in [7, 11) is -2.07. The summed E-state index contributed by atoms with van der Waals surface area (Å²) in [5.74, 6) is 0.487. The molecule has 0 aliphatic carbocycles. The summed E-state index contributed by atoms with van der Waals surface area (Å²) in [6.45, 7) is 0. The van der Waals surface area contributed by atoms with E-state index in [4.69, 9.17) is 4.74 Å². The fourth-order valence-electron chi connectivity index (χ4n) is 2.14. The SMILES string of the molecule is COc1cc(Nc2cccs2)cc(S(=O)(=O)c2ccccc2)c1. The summed E-state index contributed by atoms with van der Waals surface area (Å²) in [6.07, 6.45) is 0. The van der Waals surface area contributed by atoms with Crippen LogP contribution in [0.5, 0.6) is 5.75 Å². The molecule has 0 aliphatic rings. The fraction of sp³-hybridized carbons (Fsp3) is 0.0588. The van der Waals surface area contributed by atoms with Gasteiger partial charge in [-0.25, -0.2) is 8.42 Å². The monoisotopic (exact) mass is 345 g/mol. The van der Waals surface area contributed by atoms with Gasteiger partial charge in [-0.1, -0.05) is 18.2 Å². The quantitative estimate of drug-likeness (QED) is 0.748. The lowest BCUT2D eigenvalue weighted by Crippen LogP contribution is -2.03. The molecule has 0 amide bonds. The fourth-order valence-corrected chi connectivity index (χ4v) is 4.12. The van der Waals surface area contributed by atoms with Crippen molar-refractivity contribution in [3.63, 3.8) is 0 Å². The number of hydrogen-bond donors (Lipinski definition) is 1. The number of anilines is 2. The van der Waals surface area contributed by atoms with Gasteiger partial charge in [0.15, 0.2) is 0 Å². The minimum Gasteiger partial charge on any atom is -0.497 e. The van der Waals surface area contributed by atoms with Crippen LogP contribution in [0.15, 0.2) is 75.8 Å². The first-order valence-electron chi connectivity index (χ1n) is 6.89. The minimum atomic E-state index is -3.59. The Balaban J connectivity index is 2.05. The second kappa shape index (κ2) is 6.44. The summed E-state index contributed by atoms with van der Waals surface area (Å²) in [5.41, 5.74) is 0.668. The molecule has 0 saturated heterocycles. The van der Waals surface area contributed by atoms with Crippen molar-refractivity contribution in [3.8, 4) is 5.75 Å². The number of nitrogens with one attached hydrogen (secondary N) is 1. The predicted octanol–water partition coefficient (Wildman–Crippen LogP) is 4.33. The number of sulfone groups is 1. The van der Waals surface area contributed by atoms with Crippen LogP contribution in [0, 0.1) is 0 Å². The Bertz CT molecular complexity index is 889. The predicted molar refractivity (Wildman–Crippen MR) is 92.5 cm³/mol. The van der Waals surface area contributed by atoms with Crippen molar-refractivity contribution >= 4 is 31.9 Å². The van der Waals surface area contributed by atoms with Crippen molar-refractivity contribution in [1.29, 1.82) is 0 Å². The van der Waals surface area contributed by atoms with Crippen LogP contribution in [0.3, 0.4) is 0 Å². The highest BCUT2D eigenvalue weighted by molar-refractivity contribution is 7.91. The summed E-state index contributed by atoms with van der Waals surface area (Å²) in [4.78, 5) is 0.456. The molecule has 0 spiro atoms. The van der Waals surface area contributed by atoms with Gasteiger partial charge in [-0.15, -0.1) is 11.3 Å². The topological polar surface area (TPSA) is 55.4 Å². The summed E-state index contributed by atoms with van der Waals surface area (Å²) >= 11 is 1.54. The summed E-state index contributed by atoms with van der Waals surface area (Å²) in [6, 6.07) is 17.1. The zero-order valence-corrected chi connectivity index (χ0v) is 14.0. The number of hydrogen-bond acceptors (Lipinski definition) is 5. The normalized spacial score (nSPS) is 11.2. The molecule has 1 N–H and O–H groups in total. The Labute approximate surface area is 139 Å². The van der Waals surface area contributed by atoms with Gasteiger partial charge in [-0.05, 0) is 41.8 Å². The molecule has 0 aliphatic heterocycles. The molecule has 1 heterocycles. The Hall–Kier alpha value is -2.31. The molecule has 1 aromatic heterocycles. The van der Waals surface area contributed by atoms with Crippen LogP contribution in [-0.4, -0.2) is 15.5 Å². The molecule has 6 heteroatoms. The van der Waals surface area contributed by atoms with Crippen LogP contribution in [-0.2, 0) is 9.84 Å². The molecule has 4 nitrogen and oxygen atoms in total. The van der Waals surface area contributed by atoms with E-state index >= 15 is 0 Å². The van der Waals surface area contributed by atoms with E-state index in [1.54, 1.807) is 42.5 Å². The molecule has 0 radical (unpaired) electrons. The largest absolute Gasteiger partial charge is 0.497 e. The Kier molecular flexibility index (Phi) is 4.36. The van der Waals surface area contributed by atoms with Gasteiger partial charge >= 0.3 is 0 Å². The van der Waals surface area contributed by atoms with Gasteiger partial charge in [0.25, 0.3) is 0 Å². The third-order valence-electron chi connectivity index (χ3n) is 3.27. The lowest BCUT2D eigenvalue weighted by molar-refractivity contribution is 0.413. The number of benzene rings is 2. The van der Waals surface area contributed by atoms with Crippen molar-refractivity contribution in [1.82, 2.24) is 0 Å². The molecule has 3 aromatic rings. The highest BCUT2D eigenvalue weighted by Gasteiger charge is 2.19. The summed E-state index contributed by atoms with van der Waals surface area (Å²) < 4.78 is 30.8. The Morgan fingerprint density at radius 3 is 2.39 bits per heavy atom. The third-order valence-corrected chi connectivity index (χ3v) is 5.80. The molecule has 0 unspecified atom stereocenters. The van der Waals surface area contributed by atoms with E-state index in [1.165, 1.54) is 24.5 Å². The van der Waals surface area contributed by atoms with E-state index in [0.29, 0.717) is 11.4 Å². The minimum absolute atomic E-state index is 0.196. The molecule has 3 rings (SSSR count). The molecule has 0 atom stereocenters. The molecular formula is C17H15NO3S2. The molecule has 23 heavy (non-hydrogen) atoms. The number of methoxy groups -OCH3 is 1. The summed E-state index contributed by atoms with van der Waals surface area (Å²) in [5, 5.41) is 6.08. The van der Waals surface area contributed by atoms with Gasteiger partial charge < -0.3 is 10.1 Å². The maximum Gasteiger partial charge on any atom is 0.206 e. The van der Waals surface area contributed by atoms with Crippen molar-refractivity contribution in [2.45, 2.75) is 9.79 Å². The second-order valence-corrected chi connectivity index (χ2v) is 7.71. The number of ether oxygens (including phenoxy) is 1. The Morgan fingerprint density at radius 2 is 1.74 bits per heavy atom. The van der Waals surface area contributed by atoms with Gasteiger partial charge in [0.05, 0.1) is 21.9 Å². The number of thiophene rings is 1. The smallest absolute Gasteiger partial charge is 0.206 e. The van der Waals surface area contributed by atoms with Crippen molar-refractivity contribution in [2.75, 3.05) is 12.4 Å². The molecule has 2 aromatic carbocycles. The van der Waals surface area contributed by atoms with E-state index in [9.17, 15) is 8.42 Å². The highest BCUT2D eigenvalue weighted by atomic mass is 32.2. The first-order chi connectivity index (χ1) is 11.1. The van der Waals surface area contributed by atoms with Gasteiger partial charge in [-0.3, -0.25) is 0 Å². The van der Waals surface area contributed by atoms with Crippen molar-refractivity contribution in [2.24, 2.45) is 0 Å². The third kappa shape index (κ3) is 3.38. The average Bonchev–Trinajstić information content (AvgIpc) is 3.08. The van der Waals surface area contributed by atoms with E-state index in [-0.39, 0.29) is 9.79 Å². The maximum atomic E-state index is 12.8. The zero-order valence-electron chi connectivity index (χ0n) is 12.4. The average molecular weight is 345 g/mol. The van der Waals surface area contributed by atoms with E-state index in [2.05, 4.69) is 5.32 Å². The van der Waals surface area contributed by atoms with Gasteiger partial charge in [-0.2, -0.15) is 0 Å².